The third-order valence-electron chi connectivity index (χ3n) is 3.04. The summed E-state index contributed by atoms with van der Waals surface area (Å²) in [5.74, 6) is 2.84. The summed E-state index contributed by atoms with van der Waals surface area (Å²) in [6.07, 6.45) is 4.53. The van der Waals surface area contributed by atoms with Gasteiger partial charge in [-0.1, -0.05) is 37.7 Å². The van der Waals surface area contributed by atoms with Crippen molar-refractivity contribution in [1.29, 1.82) is 0 Å². The largest absolute Gasteiger partial charge is 0.433 e. The van der Waals surface area contributed by atoms with E-state index < -0.39 is 8.07 Å². The van der Waals surface area contributed by atoms with Crippen LogP contribution in [0.4, 0.5) is 0 Å². The molecule has 0 spiro atoms. The van der Waals surface area contributed by atoms with Gasteiger partial charge in [0.2, 0.25) is 6.29 Å². The van der Waals surface area contributed by atoms with Gasteiger partial charge in [0, 0.05) is 18.1 Å². The molecule has 3 nitrogen and oxygen atoms in total. The quantitative estimate of drug-likeness (QED) is 0.370. The number of carbonyl (C=O) groups is 1. The first-order valence-electron chi connectivity index (χ1n) is 7.56. The maximum atomic E-state index is 11.6. The lowest BCUT2D eigenvalue weighted by atomic mass is 10.1. The molecule has 1 fully saturated rings. The van der Waals surface area contributed by atoms with Crippen molar-refractivity contribution < 1.29 is 14.3 Å². The zero-order valence-corrected chi connectivity index (χ0v) is 14.4. The van der Waals surface area contributed by atoms with E-state index >= 15 is 0 Å². The summed E-state index contributed by atoms with van der Waals surface area (Å²) >= 11 is 0. The van der Waals surface area contributed by atoms with Crippen LogP contribution >= 0.6 is 0 Å². The van der Waals surface area contributed by atoms with Crippen LogP contribution in [0, 0.1) is 11.5 Å². The van der Waals surface area contributed by atoms with E-state index in [0.717, 1.165) is 24.0 Å². The Hall–Kier alpha value is -1.83. The molecule has 0 radical (unpaired) electrons. The van der Waals surface area contributed by atoms with E-state index in [9.17, 15) is 4.79 Å². The summed E-state index contributed by atoms with van der Waals surface area (Å²) in [6, 6.07) is 7.84. The molecular formula is C18H22O3Si. The number of carbonyl (C=O) groups excluding carboxylic acids is 1. The minimum Gasteiger partial charge on any atom is -0.433 e. The lowest BCUT2D eigenvalue weighted by Crippen LogP contribution is -2.16. The lowest BCUT2D eigenvalue weighted by Gasteiger charge is -2.08. The van der Waals surface area contributed by atoms with Gasteiger partial charge in [0.1, 0.15) is 8.07 Å². The summed E-state index contributed by atoms with van der Waals surface area (Å²) in [7, 11) is -1.35. The summed E-state index contributed by atoms with van der Waals surface area (Å²) < 4.78 is 10.4. The molecule has 1 aromatic carbocycles. The molecule has 0 N–H and O–H groups in total. The number of hydrogen-bond acceptors (Lipinski definition) is 3. The van der Waals surface area contributed by atoms with E-state index in [4.69, 9.17) is 9.47 Å². The molecule has 1 heterocycles. The molecule has 1 aliphatic heterocycles. The van der Waals surface area contributed by atoms with Crippen molar-refractivity contribution in [2.24, 2.45) is 0 Å². The lowest BCUT2D eigenvalue weighted by molar-refractivity contribution is -0.163. The van der Waals surface area contributed by atoms with Gasteiger partial charge in [-0.2, -0.15) is 0 Å². The fourth-order valence-electron chi connectivity index (χ4n) is 1.91. The fraction of sp³-hybridized carbons (Fsp3) is 0.389. The zero-order chi connectivity index (χ0) is 16.0. The van der Waals surface area contributed by atoms with Crippen molar-refractivity contribution in [3.8, 4) is 11.5 Å². The van der Waals surface area contributed by atoms with E-state index in [1.807, 2.05) is 24.3 Å². The molecule has 2 rings (SSSR count). The molecule has 116 valence electrons. The van der Waals surface area contributed by atoms with Gasteiger partial charge in [0.15, 0.2) is 0 Å². The van der Waals surface area contributed by atoms with Gasteiger partial charge >= 0.3 is 5.97 Å². The number of rotatable bonds is 3. The molecule has 22 heavy (non-hydrogen) atoms. The Balaban J connectivity index is 1.91. The predicted octanol–water partition coefficient (Wildman–Crippen LogP) is 3.61. The Kier molecular flexibility index (Phi) is 5.59. The maximum absolute atomic E-state index is 11.6. The third-order valence-corrected chi connectivity index (χ3v) is 3.91. The average molecular weight is 314 g/mol. The van der Waals surface area contributed by atoms with Gasteiger partial charge in [-0.3, -0.25) is 0 Å². The summed E-state index contributed by atoms with van der Waals surface area (Å²) in [5, 5.41) is 0. The number of benzene rings is 1. The van der Waals surface area contributed by atoms with Crippen LogP contribution < -0.4 is 0 Å². The molecule has 1 unspecified atom stereocenters. The van der Waals surface area contributed by atoms with Crippen LogP contribution in [0.3, 0.4) is 0 Å². The second-order valence-corrected chi connectivity index (χ2v) is 11.1. The summed E-state index contributed by atoms with van der Waals surface area (Å²) in [6.45, 7) is 7.33. The van der Waals surface area contributed by atoms with Crippen LogP contribution in [0.1, 0.15) is 24.0 Å². The van der Waals surface area contributed by atoms with Crippen molar-refractivity contribution >= 4 is 20.1 Å². The van der Waals surface area contributed by atoms with Crippen molar-refractivity contribution in [3.63, 3.8) is 0 Å². The molecular weight excluding hydrogens is 292 g/mol. The molecule has 0 bridgehead atoms. The highest BCUT2D eigenvalue weighted by Gasteiger charge is 2.18. The second kappa shape index (κ2) is 7.44. The molecule has 0 saturated carbocycles. The molecule has 1 aromatic rings. The van der Waals surface area contributed by atoms with E-state index in [1.165, 1.54) is 6.08 Å². The van der Waals surface area contributed by atoms with E-state index in [-0.39, 0.29) is 12.3 Å². The van der Waals surface area contributed by atoms with Crippen molar-refractivity contribution in [3.05, 3.63) is 41.5 Å². The fourth-order valence-corrected chi connectivity index (χ4v) is 2.43. The predicted molar refractivity (Wildman–Crippen MR) is 90.8 cm³/mol. The van der Waals surface area contributed by atoms with Gasteiger partial charge in [-0.25, -0.2) is 4.79 Å². The topological polar surface area (TPSA) is 35.5 Å². The Bertz CT molecular complexity index is 594. The van der Waals surface area contributed by atoms with Gasteiger partial charge in [0.25, 0.3) is 0 Å². The van der Waals surface area contributed by atoms with Gasteiger partial charge in [-0.05, 0) is 30.2 Å². The third kappa shape index (κ3) is 5.88. The van der Waals surface area contributed by atoms with Crippen molar-refractivity contribution in [2.45, 2.75) is 38.8 Å². The van der Waals surface area contributed by atoms with E-state index in [1.54, 1.807) is 6.08 Å². The Morgan fingerprint density at radius 2 is 2.05 bits per heavy atom. The Labute approximate surface area is 133 Å². The minimum atomic E-state index is -1.35. The van der Waals surface area contributed by atoms with Crippen molar-refractivity contribution in [2.75, 3.05) is 6.61 Å². The normalized spacial score (nSPS) is 18.0. The molecule has 1 aliphatic rings. The average Bonchev–Trinajstić information content (AvgIpc) is 2.96. The van der Waals surface area contributed by atoms with Gasteiger partial charge < -0.3 is 9.47 Å². The smallest absolute Gasteiger partial charge is 0.333 e. The number of esters is 1. The highest BCUT2D eigenvalue weighted by atomic mass is 28.3. The molecule has 1 atom stereocenters. The SMILES string of the molecule is C[Si](C)(C)C#Cc1ccc(/C=C/C(=O)OC2CCCO2)cc1. The van der Waals surface area contributed by atoms with Gasteiger partial charge in [0.05, 0.1) is 6.61 Å². The van der Waals surface area contributed by atoms with Crippen LogP contribution in [0.5, 0.6) is 0 Å². The highest BCUT2D eigenvalue weighted by Crippen LogP contribution is 2.13. The molecule has 4 heteroatoms. The van der Waals surface area contributed by atoms with Crippen LogP contribution in [-0.4, -0.2) is 26.9 Å². The Morgan fingerprint density at radius 1 is 1.32 bits per heavy atom. The van der Waals surface area contributed by atoms with E-state index in [2.05, 4.69) is 31.1 Å². The maximum Gasteiger partial charge on any atom is 0.333 e. The number of ether oxygens (including phenoxy) is 2. The first-order chi connectivity index (χ1) is 10.4. The van der Waals surface area contributed by atoms with Gasteiger partial charge in [-0.15, -0.1) is 5.54 Å². The standard InChI is InChI=1S/C18H22O3Si/c1-22(2,3)14-12-16-8-6-15(7-9-16)10-11-17(19)21-18-5-4-13-20-18/h6-11,18H,4-5,13H2,1-3H3/b11-10+. The number of hydrogen-bond donors (Lipinski definition) is 0. The first-order valence-corrected chi connectivity index (χ1v) is 11.1. The second-order valence-electron chi connectivity index (χ2n) is 6.33. The molecule has 0 aromatic heterocycles. The summed E-state index contributed by atoms with van der Waals surface area (Å²) in [4.78, 5) is 11.6. The zero-order valence-electron chi connectivity index (χ0n) is 13.4. The summed E-state index contributed by atoms with van der Waals surface area (Å²) in [5.41, 5.74) is 5.28. The van der Waals surface area contributed by atoms with Crippen LogP contribution in [0.25, 0.3) is 6.08 Å². The first kappa shape index (κ1) is 16.5. The minimum absolute atomic E-state index is 0.366. The Morgan fingerprint density at radius 3 is 2.64 bits per heavy atom. The monoisotopic (exact) mass is 314 g/mol. The van der Waals surface area contributed by atoms with E-state index in [0.29, 0.717) is 6.61 Å². The highest BCUT2D eigenvalue weighted by molar-refractivity contribution is 6.83. The van der Waals surface area contributed by atoms with Crippen LogP contribution in [0.2, 0.25) is 19.6 Å². The molecule has 0 amide bonds. The molecule has 0 aliphatic carbocycles. The van der Waals surface area contributed by atoms with Crippen LogP contribution in [-0.2, 0) is 14.3 Å². The van der Waals surface area contributed by atoms with Crippen molar-refractivity contribution in [1.82, 2.24) is 0 Å². The van der Waals surface area contributed by atoms with Crippen LogP contribution in [0.15, 0.2) is 30.3 Å². The molecule has 1 saturated heterocycles.